The maximum atomic E-state index is 11.0. The van der Waals surface area contributed by atoms with Gasteiger partial charge < -0.3 is 14.9 Å². The molecule has 3 rings (SSSR count). The van der Waals surface area contributed by atoms with Crippen LogP contribution in [0.1, 0.15) is 22.9 Å². The zero-order valence-electron chi connectivity index (χ0n) is 10.3. The molecule has 1 aromatic heterocycles. The number of carboxylic acid groups (broad SMARTS) is 1. The zero-order chi connectivity index (χ0) is 15.1. The van der Waals surface area contributed by atoms with Crippen molar-refractivity contribution in [3.8, 4) is 5.75 Å². The van der Waals surface area contributed by atoms with E-state index in [1.54, 1.807) is 6.07 Å². The number of aliphatic hydroxyl groups is 1. The maximum absolute atomic E-state index is 11.0. The maximum Gasteiger partial charge on any atom is 0.345 e. The third-order valence-corrected chi connectivity index (χ3v) is 4.52. The highest BCUT2D eigenvalue weighted by Gasteiger charge is 2.33. The highest BCUT2D eigenvalue weighted by atomic mass is 35.5. The van der Waals surface area contributed by atoms with E-state index >= 15 is 0 Å². The minimum atomic E-state index is -1.08. The second-order valence-electron chi connectivity index (χ2n) is 4.47. The Bertz CT molecular complexity index is 708. The Labute approximate surface area is 133 Å². The number of halogens is 2. The van der Waals surface area contributed by atoms with Crippen molar-refractivity contribution in [3.63, 3.8) is 0 Å². The summed E-state index contributed by atoms with van der Waals surface area (Å²) in [5.74, 6) is -0.828. The van der Waals surface area contributed by atoms with Crippen LogP contribution < -0.4 is 4.74 Å². The molecule has 0 saturated carbocycles. The van der Waals surface area contributed by atoms with E-state index in [0.717, 1.165) is 11.7 Å². The quantitative estimate of drug-likeness (QED) is 0.885. The molecule has 0 amide bonds. The number of rotatable bonds is 3. The number of benzene rings is 1. The van der Waals surface area contributed by atoms with Crippen molar-refractivity contribution < 1.29 is 19.7 Å². The first-order valence-electron chi connectivity index (χ1n) is 5.84. The molecule has 0 radical (unpaired) electrons. The van der Waals surface area contributed by atoms with E-state index in [1.807, 2.05) is 0 Å². The van der Waals surface area contributed by atoms with Crippen LogP contribution in [-0.2, 0) is 11.2 Å². The third-order valence-electron chi connectivity index (χ3n) is 3.16. The first kappa shape index (κ1) is 14.5. The second-order valence-corrected chi connectivity index (χ2v) is 5.78. The van der Waals surface area contributed by atoms with Gasteiger partial charge in [0.15, 0.2) is 6.10 Å². The first-order valence-corrected chi connectivity index (χ1v) is 7.33. The minimum absolute atomic E-state index is 0.0927. The standard InChI is InChI=1S/C12H8Cl2N2O4S/c13-8-5(10(17)6-3-15-21-16-6)1-4-2-7(12(18)19)20-11(4)9(8)14/h1,3,7,10,17H,2H2,(H,18,19). The Morgan fingerprint density at radius 2 is 2.24 bits per heavy atom. The Morgan fingerprint density at radius 1 is 1.48 bits per heavy atom. The smallest absolute Gasteiger partial charge is 0.345 e. The molecule has 2 unspecified atom stereocenters. The minimum Gasteiger partial charge on any atom is -0.478 e. The fourth-order valence-electron chi connectivity index (χ4n) is 2.14. The number of carbonyl (C=O) groups is 1. The van der Waals surface area contributed by atoms with Crippen LogP contribution >= 0.6 is 34.9 Å². The molecule has 9 heteroatoms. The summed E-state index contributed by atoms with van der Waals surface area (Å²) < 4.78 is 13.1. The Balaban J connectivity index is 2.04. The molecule has 0 saturated heterocycles. The van der Waals surface area contributed by atoms with E-state index in [1.165, 1.54) is 6.20 Å². The van der Waals surface area contributed by atoms with Crippen molar-refractivity contribution in [1.29, 1.82) is 0 Å². The zero-order valence-corrected chi connectivity index (χ0v) is 12.6. The monoisotopic (exact) mass is 346 g/mol. The number of ether oxygens (including phenoxy) is 1. The van der Waals surface area contributed by atoms with E-state index in [-0.39, 0.29) is 22.2 Å². The third kappa shape index (κ3) is 2.46. The largest absolute Gasteiger partial charge is 0.478 e. The molecule has 1 aliphatic rings. The average molecular weight is 347 g/mol. The topological polar surface area (TPSA) is 92.5 Å². The van der Waals surface area contributed by atoms with Crippen LogP contribution in [-0.4, -0.2) is 31.0 Å². The first-order chi connectivity index (χ1) is 9.99. The molecule has 2 atom stereocenters. The molecular formula is C12H8Cl2N2O4S. The molecule has 110 valence electrons. The van der Waals surface area contributed by atoms with Gasteiger partial charge in [-0.2, -0.15) is 8.75 Å². The van der Waals surface area contributed by atoms with E-state index in [4.69, 9.17) is 33.0 Å². The number of fused-ring (bicyclic) bond motifs is 1. The van der Waals surface area contributed by atoms with Crippen LogP contribution in [0.3, 0.4) is 0 Å². The van der Waals surface area contributed by atoms with Gasteiger partial charge in [0.05, 0.1) is 22.9 Å². The Kier molecular flexibility index (Phi) is 3.75. The summed E-state index contributed by atoms with van der Waals surface area (Å²) in [5.41, 5.74) is 1.29. The van der Waals surface area contributed by atoms with Crippen molar-refractivity contribution in [1.82, 2.24) is 8.75 Å². The summed E-state index contributed by atoms with van der Waals surface area (Å²) in [6, 6.07) is 1.59. The normalized spacial score (nSPS) is 18.1. The predicted molar refractivity (Wildman–Crippen MR) is 76.2 cm³/mol. The molecule has 0 aliphatic carbocycles. The fraction of sp³-hybridized carbons (Fsp3) is 0.250. The van der Waals surface area contributed by atoms with Gasteiger partial charge in [0.1, 0.15) is 22.6 Å². The fourth-order valence-corrected chi connectivity index (χ4v) is 3.10. The molecule has 1 aromatic carbocycles. The molecule has 0 bridgehead atoms. The molecule has 2 N–H and O–H groups in total. The number of carboxylic acids is 1. The SMILES string of the molecule is O=C(O)C1Cc2cc(C(O)c3cnsn3)c(Cl)c(Cl)c2O1. The number of nitrogens with zero attached hydrogens (tertiary/aromatic N) is 2. The number of hydrogen-bond donors (Lipinski definition) is 2. The van der Waals surface area contributed by atoms with Gasteiger partial charge in [-0.25, -0.2) is 4.79 Å². The highest BCUT2D eigenvalue weighted by Crippen LogP contribution is 2.44. The Hall–Kier alpha value is -1.41. The predicted octanol–water partition coefficient (Wildman–Crippen LogP) is 2.31. The molecule has 1 aliphatic heterocycles. The lowest BCUT2D eigenvalue weighted by Crippen LogP contribution is -2.24. The lowest BCUT2D eigenvalue weighted by molar-refractivity contribution is -0.144. The summed E-state index contributed by atoms with van der Waals surface area (Å²) in [6.07, 6.45) is -0.482. The molecule has 2 aromatic rings. The number of aliphatic carboxylic acids is 1. The molecule has 21 heavy (non-hydrogen) atoms. The highest BCUT2D eigenvalue weighted by molar-refractivity contribution is 6.99. The van der Waals surface area contributed by atoms with E-state index in [9.17, 15) is 9.90 Å². The number of aromatic nitrogens is 2. The van der Waals surface area contributed by atoms with Crippen molar-refractivity contribution in [3.05, 3.63) is 39.1 Å². The van der Waals surface area contributed by atoms with Gasteiger partial charge in [0.2, 0.25) is 0 Å². The van der Waals surface area contributed by atoms with Crippen molar-refractivity contribution in [2.75, 3.05) is 0 Å². The van der Waals surface area contributed by atoms with E-state index in [0.29, 0.717) is 16.8 Å². The van der Waals surface area contributed by atoms with Gasteiger partial charge in [-0.05, 0) is 6.07 Å². The molecule has 0 spiro atoms. The van der Waals surface area contributed by atoms with Crippen LogP contribution in [0.15, 0.2) is 12.3 Å². The van der Waals surface area contributed by atoms with Crippen LogP contribution in [0.2, 0.25) is 10.0 Å². The average Bonchev–Trinajstić information content (AvgIpc) is 3.10. The van der Waals surface area contributed by atoms with Gasteiger partial charge in [0, 0.05) is 17.5 Å². The lowest BCUT2D eigenvalue weighted by atomic mass is 10.0. The van der Waals surface area contributed by atoms with Crippen molar-refractivity contribution in [2.45, 2.75) is 18.6 Å². The summed E-state index contributed by atoms with van der Waals surface area (Å²) in [5, 5.41) is 19.5. The van der Waals surface area contributed by atoms with Gasteiger partial charge in [-0.15, -0.1) is 0 Å². The second kappa shape index (κ2) is 5.42. The molecule has 6 nitrogen and oxygen atoms in total. The summed E-state index contributed by atoms with van der Waals surface area (Å²) >= 11 is 13.2. The van der Waals surface area contributed by atoms with Crippen LogP contribution in [0.5, 0.6) is 5.75 Å². The van der Waals surface area contributed by atoms with Gasteiger partial charge in [-0.3, -0.25) is 0 Å². The van der Waals surface area contributed by atoms with E-state index < -0.39 is 18.2 Å². The van der Waals surface area contributed by atoms with Gasteiger partial charge in [-0.1, -0.05) is 23.2 Å². The molecule has 2 heterocycles. The van der Waals surface area contributed by atoms with Crippen LogP contribution in [0.4, 0.5) is 0 Å². The van der Waals surface area contributed by atoms with Gasteiger partial charge >= 0.3 is 5.97 Å². The Morgan fingerprint density at radius 3 is 2.86 bits per heavy atom. The van der Waals surface area contributed by atoms with E-state index in [2.05, 4.69) is 8.75 Å². The molecular weight excluding hydrogens is 339 g/mol. The summed E-state index contributed by atoms with van der Waals surface area (Å²) in [4.78, 5) is 11.0. The van der Waals surface area contributed by atoms with Crippen LogP contribution in [0.25, 0.3) is 0 Å². The number of aliphatic hydroxyl groups excluding tert-OH is 1. The summed E-state index contributed by atoms with van der Waals surface area (Å²) in [7, 11) is 0. The summed E-state index contributed by atoms with van der Waals surface area (Å²) in [6.45, 7) is 0. The lowest BCUT2D eigenvalue weighted by Gasteiger charge is -2.13. The molecule has 0 fully saturated rings. The van der Waals surface area contributed by atoms with Crippen LogP contribution in [0, 0.1) is 0 Å². The number of hydrogen-bond acceptors (Lipinski definition) is 6. The van der Waals surface area contributed by atoms with Crippen molar-refractivity contribution >= 4 is 40.9 Å². The van der Waals surface area contributed by atoms with Gasteiger partial charge in [0.25, 0.3) is 0 Å². The van der Waals surface area contributed by atoms with Crippen molar-refractivity contribution in [2.24, 2.45) is 0 Å².